The standard InChI is InChI=1S/C11H11ClO3/c12-10-8-13-6-7-14-11(10)15-9-4-2-1-3-5-9/h1-5,8,11H,6-7H2. The number of halogens is 1. The first-order valence-electron chi connectivity index (χ1n) is 4.67. The van der Waals surface area contributed by atoms with E-state index in [1.165, 1.54) is 6.26 Å². The van der Waals surface area contributed by atoms with Gasteiger partial charge in [-0.2, -0.15) is 0 Å². The van der Waals surface area contributed by atoms with Gasteiger partial charge in [0.15, 0.2) is 0 Å². The predicted octanol–water partition coefficient (Wildman–Crippen LogP) is 2.52. The van der Waals surface area contributed by atoms with Crippen molar-refractivity contribution in [2.45, 2.75) is 6.29 Å². The third-order valence-corrected chi connectivity index (χ3v) is 2.15. The molecule has 4 heteroatoms. The highest BCUT2D eigenvalue weighted by Crippen LogP contribution is 2.20. The van der Waals surface area contributed by atoms with Crippen LogP contribution in [0.4, 0.5) is 0 Å². The van der Waals surface area contributed by atoms with E-state index in [-0.39, 0.29) is 0 Å². The van der Waals surface area contributed by atoms with Gasteiger partial charge in [0.05, 0.1) is 6.61 Å². The molecule has 1 unspecified atom stereocenters. The molecule has 0 aliphatic carbocycles. The largest absolute Gasteiger partial charge is 0.497 e. The quantitative estimate of drug-likeness (QED) is 0.776. The zero-order valence-electron chi connectivity index (χ0n) is 8.06. The molecule has 2 rings (SSSR count). The van der Waals surface area contributed by atoms with E-state index in [0.29, 0.717) is 18.2 Å². The number of benzene rings is 1. The molecule has 0 bridgehead atoms. The van der Waals surface area contributed by atoms with Crippen LogP contribution in [0.5, 0.6) is 5.75 Å². The van der Waals surface area contributed by atoms with Gasteiger partial charge >= 0.3 is 0 Å². The molecule has 3 nitrogen and oxygen atoms in total. The monoisotopic (exact) mass is 226 g/mol. The van der Waals surface area contributed by atoms with E-state index in [9.17, 15) is 0 Å². The number of hydrogen-bond acceptors (Lipinski definition) is 3. The molecule has 15 heavy (non-hydrogen) atoms. The van der Waals surface area contributed by atoms with Crippen LogP contribution in [0.15, 0.2) is 41.6 Å². The smallest absolute Gasteiger partial charge is 0.240 e. The minimum atomic E-state index is -0.573. The third kappa shape index (κ3) is 2.88. The number of ether oxygens (including phenoxy) is 3. The van der Waals surface area contributed by atoms with Crippen LogP contribution in [-0.2, 0) is 9.47 Å². The summed E-state index contributed by atoms with van der Waals surface area (Å²) in [5, 5.41) is 0.413. The lowest BCUT2D eigenvalue weighted by molar-refractivity contribution is -0.0510. The summed E-state index contributed by atoms with van der Waals surface area (Å²) in [5.41, 5.74) is 0. The third-order valence-electron chi connectivity index (χ3n) is 1.88. The lowest BCUT2D eigenvalue weighted by atomic mass is 10.3. The van der Waals surface area contributed by atoms with Crippen molar-refractivity contribution in [3.63, 3.8) is 0 Å². The van der Waals surface area contributed by atoms with E-state index in [0.717, 1.165) is 5.75 Å². The van der Waals surface area contributed by atoms with Gasteiger partial charge in [-0.15, -0.1) is 0 Å². The Balaban J connectivity index is 2.04. The molecule has 0 saturated heterocycles. The molecular weight excluding hydrogens is 216 g/mol. The van der Waals surface area contributed by atoms with E-state index in [1.807, 2.05) is 30.3 Å². The zero-order valence-corrected chi connectivity index (χ0v) is 8.81. The molecule has 1 atom stereocenters. The second kappa shape index (κ2) is 5.05. The first-order valence-corrected chi connectivity index (χ1v) is 5.04. The molecule has 0 fully saturated rings. The maximum Gasteiger partial charge on any atom is 0.240 e. The first kappa shape index (κ1) is 10.3. The Morgan fingerprint density at radius 2 is 2.00 bits per heavy atom. The van der Waals surface area contributed by atoms with Crippen LogP contribution in [0.3, 0.4) is 0 Å². The number of rotatable bonds is 2. The first-order chi connectivity index (χ1) is 7.36. The molecule has 0 spiro atoms. The summed E-state index contributed by atoms with van der Waals surface area (Å²) < 4.78 is 16.0. The Labute approximate surface area is 93.2 Å². The summed E-state index contributed by atoms with van der Waals surface area (Å²) in [6, 6.07) is 9.39. The van der Waals surface area contributed by atoms with Crippen molar-refractivity contribution in [2.75, 3.05) is 13.2 Å². The molecular formula is C11H11ClO3. The van der Waals surface area contributed by atoms with Crippen LogP contribution in [0.2, 0.25) is 0 Å². The van der Waals surface area contributed by atoms with Crippen LogP contribution >= 0.6 is 11.6 Å². The Bertz CT molecular complexity index is 337. The Hall–Kier alpha value is -1.19. The van der Waals surface area contributed by atoms with Crippen molar-refractivity contribution < 1.29 is 14.2 Å². The minimum absolute atomic E-state index is 0.413. The van der Waals surface area contributed by atoms with Gasteiger partial charge in [-0.25, -0.2) is 0 Å². The molecule has 1 heterocycles. The summed E-state index contributed by atoms with van der Waals surface area (Å²) in [6.45, 7) is 0.953. The van der Waals surface area contributed by atoms with Gasteiger partial charge in [0.25, 0.3) is 0 Å². The van der Waals surface area contributed by atoms with Gasteiger partial charge in [-0.1, -0.05) is 29.8 Å². The summed E-state index contributed by atoms with van der Waals surface area (Å²) in [6.07, 6.45) is 0.888. The molecule has 0 radical (unpaired) electrons. The maximum absolute atomic E-state index is 5.92. The van der Waals surface area contributed by atoms with Crippen molar-refractivity contribution in [3.05, 3.63) is 41.6 Å². The lowest BCUT2D eigenvalue weighted by Gasteiger charge is -2.16. The van der Waals surface area contributed by atoms with E-state index in [2.05, 4.69) is 0 Å². The highest BCUT2D eigenvalue weighted by Gasteiger charge is 2.18. The van der Waals surface area contributed by atoms with Gasteiger partial charge in [0.1, 0.15) is 23.7 Å². The van der Waals surface area contributed by atoms with Crippen molar-refractivity contribution in [1.29, 1.82) is 0 Å². The van der Waals surface area contributed by atoms with Gasteiger partial charge in [0.2, 0.25) is 6.29 Å². The normalized spacial score (nSPS) is 21.1. The highest BCUT2D eigenvalue weighted by molar-refractivity contribution is 6.29. The van der Waals surface area contributed by atoms with Crippen LogP contribution in [0, 0.1) is 0 Å². The summed E-state index contributed by atoms with van der Waals surface area (Å²) in [5.74, 6) is 0.718. The average Bonchev–Trinajstić information content (AvgIpc) is 2.46. The van der Waals surface area contributed by atoms with Crippen LogP contribution in [-0.4, -0.2) is 19.5 Å². The second-order valence-electron chi connectivity index (χ2n) is 3.01. The number of para-hydroxylation sites is 1. The van der Waals surface area contributed by atoms with E-state index in [1.54, 1.807) is 0 Å². The molecule has 1 aromatic rings. The highest BCUT2D eigenvalue weighted by atomic mass is 35.5. The molecule has 1 aromatic carbocycles. The lowest BCUT2D eigenvalue weighted by Crippen LogP contribution is -2.21. The topological polar surface area (TPSA) is 27.7 Å². The fraction of sp³-hybridized carbons (Fsp3) is 0.273. The molecule has 80 valence electrons. The predicted molar refractivity (Wildman–Crippen MR) is 56.7 cm³/mol. The zero-order chi connectivity index (χ0) is 10.5. The van der Waals surface area contributed by atoms with Crippen LogP contribution < -0.4 is 4.74 Å². The van der Waals surface area contributed by atoms with Crippen molar-refractivity contribution in [3.8, 4) is 5.75 Å². The van der Waals surface area contributed by atoms with Gasteiger partial charge in [-0.05, 0) is 12.1 Å². The minimum Gasteiger partial charge on any atom is -0.497 e. The van der Waals surface area contributed by atoms with Crippen molar-refractivity contribution in [1.82, 2.24) is 0 Å². The summed E-state index contributed by atoms with van der Waals surface area (Å²) in [4.78, 5) is 0. The summed E-state index contributed by atoms with van der Waals surface area (Å²) >= 11 is 5.92. The van der Waals surface area contributed by atoms with Crippen molar-refractivity contribution >= 4 is 11.6 Å². The molecule has 0 saturated carbocycles. The fourth-order valence-corrected chi connectivity index (χ4v) is 1.36. The fourth-order valence-electron chi connectivity index (χ4n) is 1.19. The van der Waals surface area contributed by atoms with E-state index in [4.69, 9.17) is 25.8 Å². The molecule has 1 aliphatic rings. The number of hydrogen-bond donors (Lipinski definition) is 0. The van der Waals surface area contributed by atoms with Gasteiger partial charge in [0, 0.05) is 0 Å². The Kier molecular flexibility index (Phi) is 3.48. The molecule has 0 amide bonds. The SMILES string of the molecule is ClC1=COCCOC1Oc1ccccc1. The Morgan fingerprint density at radius 3 is 2.80 bits per heavy atom. The molecule has 0 aromatic heterocycles. The van der Waals surface area contributed by atoms with E-state index >= 15 is 0 Å². The van der Waals surface area contributed by atoms with Crippen molar-refractivity contribution in [2.24, 2.45) is 0 Å². The summed E-state index contributed by atoms with van der Waals surface area (Å²) in [7, 11) is 0. The van der Waals surface area contributed by atoms with Crippen LogP contribution in [0.1, 0.15) is 0 Å². The van der Waals surface area contributed by atoms with Crippen LogP contribution in [0.25, 0.3) is 0 Å². The van der Waals surface area contributed by atoms with E-state index < -0.39 is 6.29 Å². The maximum atomic E-state index is 5.92. The second-order valence-corrected chi connectivity index (χ2v) is 3.44. The molecule has 1 aliphatic heterocycles. The Morgan fingerprint density at radius 1 is 1.20 bits per heavy atom. The van der Waals surface area contributed by atoms with Gasteiger partial charge in [-0.3, -0.25) is 0 Å². The average molecular weight is 227 g/mol. The van der Waals surface area contributed by atoms with Gasteiger partial charge < -0.3 is 14.2 Å². The molecule has 0 N–H and O–H groups in total.